The lowest BCUT2D eigenvalue weighted by molar-refractivity contribution is -0.113. The SMILES string of the molecule is O=C(CCl)Nc1nnc(CC2CCCC2)s1. The van der Waals surface area contributed by atoms with Crippen molar-refractivity contribution >= 4 is 34.0 Å². The van der Waals surface area contributed by atoms with E-state index in [9.17, 15) is 4.79 Å². The molecule has 1 aromatic heterocycles. The molecule has 1 aliphatic carbocycles. The molecule has 0 aromatic carbocycles. The van der Waals surface area contributed by atoms with Crippen LogP contribution in [0.2, 0.25) is 0 Å². The lowest BCUT2D eigenvalue weighted by Gasteiger charge is -2.03. The number of hydrogen-bond donors (Lipinski definition) is 1. The molecular weight excluding hydrogens is 246 g/mol. The van der Waals surface area contributed by atoms with Crippen LogP contribution in [0.3, 0.4) is 0 Å². The van der Waals surface area contributed by atoms with E-state index in [0.29, 0.717) is 5.13 Å². The zero-order valence-corrected chi connectivity index (χ0v) is 10.5. The average molecular weight is 260 g/mol. The molecule has 16 heavy (non-hydrogen) atoms. The molecule has 0 unspecified atom stereocenters. The van der Waals surface area contributed by atoms with Crippen LogP contribution < -0.4 is 5.32 Å². The zero-order valence-electron chi connectivity index (χ0n) is 8.91. The first-order valence-electron chi connectivity index (χ1n) is 5.46. The van der Waals surface area contributed by atoms with Gasteiger partial charge in [0.1, 0.15) is 10.9 Å². The maximum Gasteiger partial charge on any atom is 0.241 e. The lowest BCUT2D eigenvalue weighted by atomic mass is 10.1. The van der Waals surface area contributed by atoms with E-state index in [0.717, 1.165) is 17.3 Å². The first-order chi connectivity index (χ1) is 7.78. The van der Waals surface area contributed by atoms with E-state index in [1.165, 1.54) is 37.0 Å². The largest absolute Gasteiger partial charge is 0.299 e. The second-order valence-corrected chi connectivity index (χ2v) is 5.37. The smallest absolute Gasteiger partial charge is 0.241 e. The summed E-state index contributed by atoms with van der Waals surface area (Å²) in [7, 11) is 0. The van der Waals surface area contributed by atoms with Crippen molar-refractivity contribution < 1.29 is 4.79 Å². The number of nitrogens with one attached hydrogen (secondary N) is 1. The summed E-state index contributed by atoms with van der Waals surface area (Å²) < 4.78 is 0. The summed E-state index contributed by atoms with van der Waals surface area (Å²) in [6, 6.07) is 0. The molecule has 0 atom stereocenters. The summed E-state index contributed by atoms with van der Waals surface area (Å²) in [6.45, 7) is 0. The summed E-state index contributed by atoms with van der Waals surface area (Å²) in [4.78, 5) is 11.0. The molecule has 0 bridgehead atoms. The van der Waals surface area contributed by atoms with Crippen LogP contribution in [0.15, 0.2) is 0 Å². The predicted molar refractivity (Wildman–Crippen MR) is 64.9 cm³/mol. The lowest BCUT2D eigenvalue weighted by Crippen LogP contribution is -2.12. The summed E-state index contributed by atoms with van der Waals surface area (Å²) in [5.41, 5.74) is 0. The van der Waals surface area contributed by atoms with Gasteiger partial charge in [-0.15, -0.1) is 21.8 Å². The monoisotopic (exact) mass is 259 g/mol. The van der Waals surface area contributed by atoms with Crippen molar-refractivity contribution in [3.8, 4) is 0 Å². The Balaban J connectivity index is 1.88. The first-order valence-corrected chi connectivity index (χ1v) is 6.81. The summed E-state index contributed by atoms with van der Waals surface area (Å²) >= 11 is 6.84. The number of aromatic nitrogens is 2. The molecule has 1 aromatic rings. The molecule has 0 radical (unpaired) electrons. The van der Waals surface area contributed by atoms with Gasteiger partial charge in [0.25, 0.3) is 0 Å². The van der Waals surface area contributed by atoms with Crippen molar-refractivity contribution in [2.75, 3.05) is 11.2 Å². The Bertz CT molecular complexity index is 363. The van der Waals surface area contributed by atoms with Crippen molar-refractivity contribution in [1.29, 1.82) is 0 Å². The van der Waals surface area contributed by atoms with E-state index in [2.05, 4.69) is 15.5 Å². The zero-order chi connectivity index (χ0) is 11.4. The number of alkyl halides is 1. The highest BCUT2D eigenvalue weighted by atomic mass is 35.5. The van der Waals surface area contributed by atoms with E-state index in [-0.39, 0.29) is 11.8 Å². The molecule has 1 N–H and O–H groups in total. The Labute approximate surface area is 103 Å². The fraction of sp³-hybridized carbons (Fsp3) is 0.700. The van der Waals surface area contributed by atoms with Crippen LogP contribution in [-0.2, 0) is 11.2 Å². The Hall–Kier alpha value is -0.680. The Morgan fingerprint density at radius 1 is 1.44 bits per heavy atom. The number of anilines is 1. The van der Waals surface area contributed by atoms with Crippen LogP contribution in [0.25, 0.3) is 0 Å². The van der Waals surface area contributed by atoms with E-state index in [4.69, 9.17) is 11.6 Å². The predicted octanol–water partition coefficient (Wildman–Crippen LogP) is 2.45. The standard InChI is InChI=1S/C10H14ClN3OS/c11-6-8(15)12-10-14-13-9(16-10)5-7-3-1-2-4-7/h7H,1-6H2,(H,12,14,15). The van der Waals surface area contributed by atoms with Gasteiger partial charge in [-0.3, -0.25) is 10.1 Å². The van der Waals surface area contributed by atoms with Gasteiger partial charge in [-0.05, 0) is 5.92 Å². The maximum absolute atomic E-state index is 11.0. The van der Waals surface area contributed by atoms with Crippen LogP contribution in [-0.4, -0.2) is 22.0 Å². The number of hydrogen-bond acceptors (Lipinski definition) is 4. The summed E-state index contributed by atoms with van der Waals surface area (Å²) in [5, 5.41) is 12.2. The van der Waals surface area contributed by atoms with Crippen LogP contribution in [0.4, 0.5) is 5.13 Å². The van der Waals surface area contributed by atoms with E-state index in [1.54, 1.807) is 0 Å². The molecule has 2 rings (SSSR count). The minimum absolute atomic E-state index is 0.0441. The molecule has 0 spiro atoms. The molecular formula is C10H14ClN3OS. The number of nitrogens with zero attached hydrogens (tertiary/aromatic N) is 2. The number of halogens is 1. The minimum Gasteiger partial charge on any atom is -0.299 e. The van der Waals surface area contributed by atoms with E-state index >= 15 is 0 Å². The Morgan fingerprint density at radius 2 is 2.19 bits per heavy atom. The molecule has 6 heteroatoms. The summed E-state index contributed by atoms with van der Waals surface area (Å²) in [6.07, 6.45) is 6.25. The number of amides is 1. The van der Waals surface area contributed by atoms with Crippen LogP contribution >= 0.6 is 22.9 Å². The third-order valence-corrected chi connectivity index (χ3v) is 3.88. The molecule has 4 nitrogen and oxygen atoms in total. The van der Waals surface area contributed by atoms with Gasteiger partial charge < -0.3 is 0 Å². The van der Waals surface area contributed by atoms with Crippen molar-refractivity contribution in [3.63, 3.8) is 0 Å². The van der Waals surface area contributed by atoms with Crippen molar-refractivity contribution in [2.24, 2.45) is 5.92 Å². The number of carbonyl (C=O) groups excluding carboxylic acids is 1. The van der Waals surface area contributed by atoms with Gasteiger partial charge >= 0.3 is 0 Å². The normalized spacial score (nSPS) is 16.6. The average Bonchev–Trinajstić information content (AvgIpc) is 2.91. The highest BCUT2D eigenvalue weighted by molar-refractivity contribution is 7.15. The van der Waals surface area contributed by atoms with E-state index in [1.807, 2.05) is 0 Å². The molecule has 0 saturated heterocycles. The molecule has 1 saturated carbocycles. The van der Waals surface area contributed by atoms with Crippen LogP contribution in [0.5, 0.6) is 0 Å². The van der Waals surface area contributed by atoms with Crippen molar-refractivity contribution in [3.05, 3.63) is 5.01 Å². The van der Waals surface area contributed by atoms with Gasteiger partial charge in [-0.25, -0.2) is 0 Å². The molecule has 1 heterocycles. The van der Waals surface area contributed by atoms with Gasteiger partial charge in [0.05, 0.1) is 0 Å². The third kappa shape index (κ3) is 3.15. The molecule has 88 valence electrons. The van der Waals surface area contributed by atoms with Gasteiger partial charge in [0, 0.05) is 6.42 Å². The molecule has 1 amide bonds. The van der Waals surface area contributed by atoms with Crippen LogP contribution in [0, 0.1) is 5.92 Å². The Morgan fingerprint density at radius 3 is 2.88 bits per heavy atom. The Kier molecular flexibility index (Phi) is 4.12. The van der Waals surface area contributed by atoms with Crippen molar-refractivity contribution in [2.45, 2.75) is 32.1 Å². The third-order valence-electron chi connectivity index (χ3n) is 2.77. The highest BCUT2D eigenvalue weighted by Crippen LogP contribution is 2.29. The quantitative estimate of drug-likeness (QED) is 0.845. The van der Waals surface area contributed by atoms with Gasteiger partial charge in [-0.2, -0.15) is 0 Å². The van der Waals surface area contributed by atoms with Gasteiger partial charge in [-0.1, -0.05) is 37.0 Å². The molecule has 1 aliphatic rings. The molecule has 0 aliphatic heterocycles. The minimum atomic E-state index is -0.231. The first kappa shape index (κ1) is 11.8. The fourth-order valence-electron chi connectivity index (χ4n) is 2.00. The molecule has 1 fully saturated rings. The maximum atomic E-state index is 11.0. The highest BCUT2D eigenvalue weighted by Gasteiger charge is 2.17. The topological polar surface area (TPSA) is 54.9 Å². The van der Waals surface area contributed by atoms with Crippen LogP contribution in [0.1, 0.15) is 30.7 Å². The number of rotatable bonds is 4. The van der Waals surface area contributed by atoms with E-state index < -0.39 is 0 Å². The van der Waals surface area contributed by atoms with Gasteiger partial charge in [0.15, 0.2) is 0 Å². The van der Waals surface area contributed by atoms with Crippen molar-refractivity contribution in [1.82, 2.24) is 10.2 Å². The number of carbonyl (C=O) groups is 1. The fourth-order valence-corrected chi connectivity index (χ4v) is 2.94. The second kappa shape index (κ2) is 5.59. The second-order valence-electron chi connectivity index (χ2n) is 4.04. The summed E-state index contributed by atoms with van der Waals surface area (Å²) in [5.74, 6) is 0.479. The van der Waals surface area contributed by atoms with Gasteiger partial charge in [0.2, 0.25) is 11.0 Å².